The van der Waals surface area contributed by atoms with Gasteiger partial charge in [0, 0.05) is 32.2 Å². The van der Waals surface area contributed by atoms with Crippen LogP contribution in [0, 0.1) is 11.8 Å². The van der Waals surface area contributed by atoms with Gasteiger partial charge in [-0.3, -0.25) is 14.5 Å². The van der Waals surface area contributed by atoms with Crippen molar-refractivity contribution in [2.45, 2.75) is 31.7 Å². The first-order valence-electron chi connectivity index (χ1n) is 9.35. The fourth-order valence-corrected chi connectivity index (χ4v) is 4.55. The van der Waals surface area contributed by atoms with Crippen LogP contribution in [0.15, 0.2) is 16.8 Å². The minimum Gasteiger partial charge on any atom is -0.475 e. The molecule has 3 atom stereocenters. The fourth-order valence-electron chi connectivity index (χ4n) is 3.89. The van der Waals surface area contributed by atoms with Crippen LogP contribution in [-0.2, 0) is 25.7 Å². The third kappa shape index (κ3) is 5.68. The molecule has 11 heteroatoms. The van der Waals surface area contributed by atoms with Gasteiger partial charge in [0.1, 0.15) is 0 Å². The number of hydrogen-bond donors (Lipinski definition) is 1. The Kier molecular flexibility index (Phi) is 7.14. The highest BCUT2D eigenvalue weighted by molar-refractivity contribution is 7.07. The molecule has 1 amide bonds. The first kappa shape index (κ1) is 22.0. The van der Waals surface area contributed by atoms with Crippen LogP contribution in [-0.4, -0.2) is 72.1 Å². The number of nitrogens with zero attached hydrogens (tertiary/aromatic N) is 2. The number of fused-ring (bicyclic) bond motifs is 1. The lowest BCUT2D eigenvalue weighted by Gasteiger charge is -2.40. The van der Waals surface area contributed by atoms with E-state index in [1.54, 1.807) is 16.4 Å². The Labute approximate surface area is 169 Å². The molecule has 3 fully saturated rings. The van der Waals surface area contributed by atoms with E-state index in [0.717, 1.165) is 45.6 Å². The van der Waals surface area contributed by atoms with Gasteiger partial charge in [-0.05, 0) is 35.2 Å². The number of carbonyl (C=O) groups is 2. The van der Waals surface area contributed by atoms with Crippen molar-refractivity contribution >= 4 is 23.2 Å². The fraction of sp³-hybridized carbons (Fsp3) is 0.667. The maximum absolute atomic E-state index is 12.8. The highest BCUT2D eigenvalue weighted by Gasteiger charge is 2.45. The maximum Gasteiger partial charge on any atom is 0.490 e. The zero-order valence-electron chi connectivity index (χ0n) is 15.6. The number of halogens is 3. The Morgan fingerprint density at radius 2 is 2.03 bits per heavy atom. The van der Waals surface area contributed by atoms with E-state index in [9.17, 15) is 18.0 Å². The number of rotatable bonds is 3. The quantitative estimate of drug-likeness (QED) is 0.784. The normalized spacial score (nSPS) is 27.3. The van der Waals surface area contributed by atoms with Gasteiger partial charge in [-0.2, -0.15) is 24.5 Å². The minimum absolute atomic E-state index is 0.0120. The maximum atomic E-state index is 12.8. The number of carbonyl (C=O) groups excluding carboxylic acids is 1. The molecule has 0 aromatic carbocycles. The summed E-state index contributed by atoms with van der Waals surface area (Å²) >= 11 is 1.72. The second-order valence-corrected chi connectivity index (χ2v) is 8.00. The summed E-state index contributed by atoms with van der Waals surface area (Å²) in [6, 6.07) is 2.16. The molecule has 4 heterocycles. The molecule has 0 unspecified atom stereocenters. The molecular weight excluding hydrogens is 413 g/mol. The van der Waals surface area contributed by atoms with Crippen molar-refractivity contribution in [3.8, 4) is 0 Å². The summed E-state index contributed by atoms with van der Waals surface area (Å²) in [6.07, 6.45) is -2.94. The minimum atomic E-state index is -5.08. The molecular formula is C18H23F3N2O5S. The van der Waals surface area contributed by atoms with Crippen LogP contribution in [0.4, 0.5) is 13.2 Å². The monoisotopic (exact) mass is 436 g/mol. The summed E-state index contributed by atoms with van der Waals surface area (Å²) in [5, 5.41) is 13.0. The highest BCUT2D eigenvalue weighted by Crippen LogP contribution is 2.35. The van der Waals surface area contributed by atoms with Crippen LogP contribution in [0.1, 0.15) is 18.4 Å². The first-order chi connectivity index (χ1) is 13.8. The van der Waals surface area contributed by atoms with Gasteiger partial charge in [0.25, 0.3) is 5.91 Å². The van der Waals surface area contributed by atoms with Gasteiger partial charge >= 0.3 is 12.1 Å². The molecule has 162 valence electrons. The Bertz CT molecular complexity index is 694. The zero-order chi connectivity index (χ0) is 21.0. The Balaban J connectivity index is 0.000000298. The van der Waals surface area contributed by atoms with Gasteiger partial charge in [-0.25, -0.2) is 9.86 Å². The average molecular weight is 436 g/mol. The van der Waals surface area contributed by atoms with Gasteiger partial charge < -0.3 is 9.84 Å². The lowest BCUT2D eigenvalue weighted by Crippen LogP contribution is -2.52. The van der Waals surface area contributed by atoms with Crippen LogP contribution in [0.25, 0.3) is 0 Å². The number of hydroxylamine groups is 2. The van der Waals surface area contributed by atoms with Crippen molar-refractivity contribution in [2.75, 3.05) is 32.8 Å². The number of likely N-dealkylation sites (tertiary alicyclic amines) is 1. The van der Waals surface area contributed by atoms with Crippen molar-refractivity contribution in [2.24, 2.45) is 11.8 Å². The first-order valence-corrected chi connectivity index (χ1v) is 10.3. The largest absolute Gasteiger partial charge is 0.490 e. The van der Waals surface area contributed by atoms with Crippen LogP contribution in [0.3, 0.4) is 0 Å². The molecule has 4 rings (SSSR count). The summed E-state index contributed by atoms with van der Waals surface area (Å²) in [5.74, 6) is -2.23. The van der Waals surface area contributed by atoms with E-state index in [1.165, 1.54) is 5.56 Å². The van der Waals surface area contributed by atoms with E-state index >= 15 is 0 Å². The highest BCUT2D eigenvalue weighted by atomic mass is 32.1. The van der Waals surface area contributed by atoms with Crippen molar-refractivity contribution in [3.63, 3.8) is 0 Å². The number of aliphatic carboxylic acids is 1. The Hall–Kier alpha value is -1.69. The predicted molar refractivity (Wildman–Crippen MR) is 96.9 cm³/mol. The van der Waals surface area contributed by atoms with E-state index in [2.05, 4.69) is 21.7 Å². The second-order valence-electron chi connectivity index (χ2n) is 7.22. The molecule has 1 N–H and O–H groups in total. The van der Waals surface area contributed by atoms with Gasteiger partial charge in [-0.1, -0.05) is 0 Å². The lowest BCUT2D eigenvalue weighted by molar-refractivity contribution is -0.192. The number of piperidine rings is 1. The SMILES string of the molecule is O=C(O)C(F)(F)F.O=C([C@H]1CN(Cc2ccsc2)C[C@H]2OCC[C@@H]12)N1CCCO1. The summed E-state index contributed by atoms with van der Waals surface area (Å²) in [5.41, 5.74) is 1.32. The van der Waals surface area contributed by atoms with E-state index < -0.39 is 12.1 Å². The molecule has 0 saturated carbocycles. The van der Waals surface area contributed by atoms with Gasteiger partial charge in [-0.15, -0.1) is 0 Å². The molecule has 3 saturated heterocycles. The van der Waals surface area contributed by atoms with E-state index in [4.69, 9.17) is 19.5 Å². The van der Waals surface area contributed by atoms with Gasteiger partial charge in [0.15, 0.2) is 0 Å². The molecule has 0 radical (unpaired) electrons. The Morgan fingerprint density at radius 3 is 2.62 bits per heavy atom. The number of alkyl halides is 3. The zero-order valence-corrected chi connectivity index (χ0v) is 16.5. The molecule has 0 aliphatic carbocycles. The number of thiophene rings is 1. The van der Waals surface area contributed by atoms with Crippen molar-refractivity contribution in [3.05, 3.63) is 22.4 Å². The Morgan fingerprint density at radius 1 is 1.28 bits per heavy atom. The summed E-state index contributed by atoms with van der Waals surface area (Å²) < 4.78 is 37.6. The third-order valence-electron chi connectivity index (χ3n) is 5.21. The number of hydrogen-bond acceptors (Lipinski definition) is 6. The predicted octanol–water partition coefficient (Wildman–Crippen LogP) is 2.38. The van der Waals surface area contributed by atoms with Gasteiger partial charge in [0.05, 0.1) is 25.2 Å². The van der Waals surface area contributed by atoms with Gasteiger partial charge in [0.2, 0.25) is 0 Å². The summed E-state index contributed by atoms with van der Waals surface area (Å²) in [7, 11) is 0. The topological polar surface area (TPSA) is 79.3 Å². The molecule has 29 heavy (non-hydrogen) atoms. The molecule has 1 aromatic rings. The van der Waals surface area contributed by atoms with Crippen LogP contribution in [0.5, 0.6) is 0 Å². The average Bonchev–Trinajstić information content (AvgIpc) is 3.42. The molecule has 3 aliphatic rings. The number of carboxylic acid groups (broad SMARTS) is 1. The van der Waals surface area contributed by atoms with E-state index in [0.29, 0.717) is 12.5 Å². The smallest absolute Gasteiger partial charge is 0.475 e. The molecule has 0 bridgehead atoms. The van der Waals surface area contributed by atoms with Crippen molar-refractivity contribution in [1.82, 2.24) is 9.96 Å². The van der Waals surface area contributed by atoms with Crippen LogP contribution in [0.2, 0.25) is 0 Å². The molecule has 0 spiro atoms. The summed E-state index contributed by atoms with van der Waals surface area (Å²) in [4.78, 5) is 29.6. The number of carboxylic acids is 1. The molecule has 7 nitrogen and oxygen atoms in total. The molecule has 1 aromatic heterocycles. The van der Waals surface area contributed by atoms with Crippen LogP contribution >= 0.6 is 11.3 Å². The standard InChI is InChI=1S/C16H22N2O3S.C2HF3O2/c19-16(18-4-1-5-21-18)14-9-17(8-12-3-7-22-11-12)10-15-13(14)2-6-20-15;3-2(4,5)1(6)7/h3,7,11,13-15H,1-2,4-6,8-10H2;(H,6,7)/t13-,14-,15+;/m0./s1. The molecule has 3 aliphatic heterocycles. The number of amides is 1. The van der Waals surface area contributed by atoms with Crippen molar-refractivity contribution < 1.29 is 37.4 Å². The third-order valence-corrected chi connectivity index (χ3v) is 5.95. The van der Waals surface area contributed by atoms with E-state index in [1.807, 2.05) is 0 Å². The van der Waals surface area contributed by atoms with Crippen LogP contribution < -0.4 is 0 Å². The lowest BCUT2D eigenvalue weighted by atomic mass is 9.82. The number of ether oxygens (including phenoxy) is 1. The second kappa shape index (κ2) is 9.41. The summed E-state index contributed by atoms with van der Waals surface area (Å²) in [6.45, 7) is 4.84. The van der Waals surface area contributed by atoms with Crippen molar-refractivity contribution in [1.29, 1.82) is 0 Å². The van der Waals surface area contributed by atoms with E-state index in [-0.39, 0.29) is 17.9 Å².